The quantitative estimate of drug-likeness (QED) is 0.131. The second-order valence-corrected chi connectivity index (χ2v) is 9.66. The van der Waals surface area contributed by atoms with Crippen molar-refractivity contribution in [3.63, 3.8) is 0 Å². The van der Waals surface area contributed by atoms with E-state index in [0.29, 0.717) is 18.9 Å². The SMILES string of the molecule is CCCCCCCCCC(CCCCCCC)COC(=O)CCCCCC(C)C. The van der Waals surface area contributed by atoms with Gasteiger partial charge in [0.25, 0.3) is 0 Å². The van der Waals surface area contributed by atoms with E-state index in [4.69, 9.17) is 4.74 Å². The van der Waals surface area contributed by atoms with Gasteiger partial charge in [-0.25, -0.2) is 0 Å². The molecule has 0 N–H and O–H groups in total. The number of esters is 1. The first-order chi connectivity index (χ1) is 14.1. The Bertz CT molecular complexity index is 337. The Kier molecular flexibility index (Phi) is 21.8. The maximum Gasteiger partial charge on any atom is 0.305 e. The summed E-state index contributed by atoms with van der Waals surface area (Å²) in [5.41, 5.74) is 0. The van der Waals surface area contributed by atoms with Gasteiger partial charge in [-0.05, 0) is 31.1 Å². The van der Waals surface area contributed by atoms with E-state index >= 15 is 0 Å². The summed E-state index contributed by atoms with van der Waals surface area (Å²) in [4.78, 5) is 12.1. The fourth-order valence-corrected chi connectivity index (χ4v) is 4.02. The van der Waals surface area contributed by atoms with Gasteiger partial charge in [0.15, 0.2) is 0 Å². The Morgan fingerprint density at radius 1 is 0.621 bits per heavy atom. The fraction of sp³-hybridized carbons (Fsp3) is 0.963. The predicted molar refractivity (Wildman–Crippen MR) is 128 cm³/mol. The molecule has 0 amide bonds. The standard InChI is InChI=1S/C27H54O2/c1-5-7-9-11-12-14-18-22-26(21-17-13-10-8-6-2)24-29-27(28)23-19-15-16-20-25(3)4/h25-26H,5-24H2,1-4H3. The van der Waals surface area contributed by atoms with E-state index in [-0.39, 0.29) is 5.97 Å². The molecule has 0 aromatic carbocycles. The van der Waals surface area contributed by atoms with Crippen molar-refractivity contribution < 1.29 is 9.53 Å². The number of unbranched alkanes of at least 4 members (excludes halogenated alkanes) is 12. The van der Waals surface area contributed by atoms with Crippen molar-refractivity contribution in [1.82, 2.24) is 0 Å². The molecule has 2 heteroatoms. The van der Waals surface area contributed by atoms with Crippen molar-refractivity contribution in [1.29, 1.82) is 0 Å². The van der Waals surface area contributed by atoms with Crippen LogP contribution < -0.4 is 0 Å². The van der Waals surface area contributed by atoms with E-state index in [1.807, 2.05) is 0 Å². The maximum absolute atomic E-state index is 12.1. The number of hydrogen-bond acceptors (Lipinski definition) is 2. The third-order valence-corrected chi connectivity index (χ3v) is 6.07. The molecular formula is C27H54O2. The highest BCUT2D eigenvalue weighted by atomic mass is 16.5. The first-order valence-electron chi connectivity index (χ1n) is 13.3. The van der Waals surface area contributed by atoms with Crippen LogP contribution in [0.2, 0.25) is 0 Å². The molecule has 174 valence electrons. The maximum atomic E-state index is 12.1. The van der Waals surface area contributed by atoms with Crippen LogP contribution in [-0.4, -0.2) is 12.6 Å². The summed E-state index contributed by atoms with van der Waals surface area (Å²) in [5, 5.41) is 0. The zero-order chi connectivity index (χ0) is 21.6. The molecular weight excluding hydrogens is 356 g/mol. The van der Waals surface area contributed by atoms with Crippen LogP contribution in [0.5, 0.6) is 0 Å². The van der Waals surface area contributed by atoms with Gasteiger partial charge in [0, 0.05) is 6.42 Å². The van der Waals surface area contributed by atoms with E-state index in [0.717, 1.165) is 18.8 Å². The van der Waals surface area contributed by atoms with Crippen molar-refractivity contribution in [2.24, 2.45) is 11.8 Å². The minimum atomic E-state index is 0.0325. The topological polar surface area (TPSA) is 26.3 Å². The van der Waals surface area contributed by atoms with Crippen molar-refractivity contribution in [2.45, 2.75) is 150 Å². The minimum Gasteiger partial charge on any atom is -0.465 e. The van der Waals surface area contributed by atoms with Crippen LogP contribution >= 0.6 is 0 Å². The molecule has 0 aliphatic rings. The van der Waals surface area contributed by atoms with Crippen LogP contribution in [0.3, 0.4) is 0 Å². The lowest BCUT2D eigenvalue weighted by atomic mass is 9.95. The number of ether oxygens (including phenoxy) is 1. The third-order valence-electron chi connectivity index (χ3n) is 6.07. The van der Waals surface area contributed by atoms with Gasteiger partial charge in [0.05, 0.1) is 6.61 Å². The molecule has 0 bridgehead atoms. The Labute approximate surface area is 184 Å². The molecule has 0 heterocycles. The van der Waals surface area contributed by atoms with Gasteiger partial charge in [-0.3, -0.25) is 4.79 Å². The summed E-state index contributed by atoms with van der Waals surface area (Å²) in [7, 11) is 0. The summed E-state index contributed by atoms with van der Waals surface area (Å²) in [6.45, 7) is 9.74. The third kappa shape index (κ3) is 22.0. The van der Waals surface area contributed by atoms with E-state index < -0.39 is 0 Å². The first kappa shape index (κ1) is 28.5. The number of carbonyl (C=O) groups is 1. The van der Waals surface area contributed by atoms with Gasteiger partial charge < -0.3 is 4.74 Å². The van der Waals surface area contributed by atoms with Crippen molar-refractivity contribution in [2.75, 3.05) is 6.61 Å². The molecule has 0 aliphatic heterocycles. The highest BCUT2D eigenvalue weighted by Crippen LogP contribution is 2.20. The van der Waals surface area contributed by atoms with Gasteiger partial charge in [-0.1, -0.05) is 124 Å². The average molecular weight is 411 g/mol. The van der Waals surface area contributed by atoms with E-state index in [1.165, 1.54) is 103 Å². The second-order valence-electron chi connectivity index (χ2n) is 9.66. The lowest BCUT2D eigenvalue weighted by Gasteiger charge is -2.17. The van der Waals surface area contributed by atoms with Crippen molar-refractivity contribution in [3.8, 4) is 0 Å². The molecule has 0 fully saturated rings. The van der Waals surface area contributed by atoms with Gasteiger partial charge >= 0.3 is 5.97 Å². The Balaban J connectivity index is 3.97. The molecule has 0 spiro atoms. The van der Waals surface area contributed by atoms with E-state index in [9.17, 15) is 4.79 Å². The first-order valence-corrected chi connectivity index (χ1v) is 13.3. The van der Waals surface area contributed by atoms with Crippen molar-refractivity contribution >= 4 is 5.97 Å². The summed E-state index contributed by atoms with van der Waals surface area (Å²) in [6, 6.07) is 0. The van der Waals surface area contributed by atoms with Crippen molar-refractivity contribution in [3.05, 3.63) is 0 Å². The fourth-order valence-electron chi connectivity index (χ4n) is 4.02. The minimum absolute atomic E-state index is 0.0325. The molecule has 0 saturated heterocycles. The normalized spacial score (nSPS) is 12.4. The van der Waals surface area contributed by atoms with Crippen LogP contribution in [0.15, 0.2) is 0 Å². The van der Waals surface area contributed by atoms with Gasteiger partial charge in [0.1, 0.15) is 0 Å². The molecule has 0 radical (unpaired) electrons. The molecule has 2 nitrogen and oxygen atoms in total. The van der Waals surface area contributed by atoms with E-state index in [2.05, 4.69) is 27.7 Å². The number of carbonyl (C=O) groups excluding carboxylic acids is 1. The molecule has 29 heavy (non-hydrogen) atoms. The zero-order valence-corrected chi connectivity index (χ0v) is 20.6. The predicted octanol–water partition coefficient (Wildman–Crippen LogP) is 9.25. The molecule has 1 atom stereocenters. The van der Waals surface area contributed by atoms with Crippen LogP contribution in [0, 0.1) is 11.8 Å². The Morgan fingerprint density at radius 3 is 1.59 bits per heavy atom. The van der Waals surface area contributed by atoms with E-state index in [1.54, 1.807) is 0 Å². The van der Waals surface area contributed by atoms with Gasteiger partial charge in [-0.2, -0.15) is 0 Å². The number of hydrogen-bond donors (Lipinski definition) is 0. The van der Waals surface area contributed by atoms with Crippen LogP contribution in [0.4, 0.5) is 0 Å². The lowest BCUT2D eigenvalue weighted by molar-refractivity contribution is -0.145. The molecule has 0 aromatic rings. The summed E-state index contributed by atoms with van der Waals surface area (Å²) < 4.78 is 5.68. The second kappa shape index (κ2) is 22.2. The monoisotopic (exact) mass is 410 g/mol. The highest BCUT2D eigenvalue weighted by molar-refractivity contribution is 5.69. The lowest BCUT2D eigenvalue weighted by Crippen LogP contribution is -2.14. The number of rotatable bonds is 22. The molecule has 1 unspecified atom stereocenters. The molecule has 0 aromatic heterocycles. The molecule has 0 rings (SSSR count). The zero-order valence-electron chi connectivity index (χ0n) is 20.6. The molecule has 0 saturated carbocycles. The van der Waals surface area contributed by atoms with Crippen LogP contribution in [0.25, 0.3) is 0 Å². The Morgan fingerprint density at radius 2 is 1.07 bits per heavy atom. The largest absolute Gasteiger partial charge is 0.465 e. The summed E-state index contributed by atoms with van der Waals surface area (Å²) in [6.07, 6.45) is 23.9. The van der Waals surface area contributed by atoms with Crippen LogP contribution in [-0.2, 0) is 9.53 Å². The summed E-state index contributed by atoms with van der Waals surface area (Å²) in [5.74, 6) is 1.38. The highest BCUT2D eigenvalue weighted by Gasteiger charge is 2.12. The van der Waals surface area contributed by atoms with Gasteiger partial charge in [0.2, 0.25) is 0 Å². The average Bonchev–Trinajstić information content (AvgIpc) is 2.70. The van der Waals surface area contributed by atoms with Gasteiger partial charge in [-0.15, -0.1) is 0 Å². The summed E-state index contributed by atoms with van der Waals surface area (Å²) >= 11 is 0. The van der Waals surface area contributed by atoms with Crippen LogP contribution in [0.1, 0.15) is 150 Å². The molecule has 0 aliphatic carbocycles. The Hall–Kier alpha value is -0.530. The smallest absolute Gasteiger partial charge is 0.305 e.